The van der Waals surface area contributed by atoms with Gasteiger partial charge in [-0.3, -0.25) is 9.89 Å². The van der Waals surface area contributed by atoms with Crippen LogP contribution >= 0.6 is 24.0 Å². The summed E-state index contributed by atoms with van der Waals surface area (Å²) in [7, 11) is 1.86. The summed E-state index contributed by atoms with van der Waals surface area (Å²) < 4.78 is 0. The van der Waals surface area contributed by atoms with Crippen molar-refractivity contribution < 1.29 is 0 Å². The van der Waals surface area contributed by atoms with E-state index in [-0.39, 0.29) is 24.0 Å². The first-order valence-corrected chi connectivity index (χ1v) is 10.4. The van der Waals surface area contributed by atoms with Crippen LogP contribution < -0.4 is 15.5 Å². The fraction of sp³-hybridized carbons (Fsp3) is 0.667. The van der Waals surface area contributed by atoms with Gasteiger partial charge in [0.25, 0.3) is 0 Å². The lowest BCUT2D eigenvalue weighted by atomic mass is 10.2. The van der Waals surface area contributed by atoms with Crippen molar-refractivity contribution in [3.05, 3.63) is 29.8 Å². The lowest BCUT2D eigenvalue weighted by molar-refractivity contribution is 0.139. The summed E-state index contributed by atoms with van der Waals surface area (Å²) in [6, 6.07) is 9.28. The summed E-state index contributed by atoms with van der Waals surface area (Å²) in [6.07, 6.45) is 1.15. The first-order chi connectivity index (χ1) is 13.2. The highest BCUT2D eigenvalue weighted by molar-refractivity contribution is 14.0. The Morgan fingerprint density at radius 2 is 1.75 bits per heavy atom. The molecule has 2 aliphatic rings. The summed E-state index contributed by atoms with van der Waals surface area (Å²) in [5, 5.41) is 7.10. The number of anilines is 1. The fourth-order valence-corrected chi connectivity index (χ4v) is 3.92. The van der Waals surface area contributed by atoms with Crippen LogP contribution in [-0.4, -0.2) is 87.8 Å². The van der Waals surface area contributed by atoms with Crippen molar-refractivity contribution in [1.29, 1.82) is 0 Å². The highest BCUT2D eigenvalue weighted by Gasteiger charge is 2.23. The molecule has 0 spiro atoms. The number of rotatable bonds is 6. The average molecular weight is 500 g/mol. The van der Waals surface area contributed by atoms with E-state index in [0.29, 0.717) is 6.04 Å². The maximum atomic E-state index is 4.42. The van der Waals surface area contributed by atoms with Gasteiger partial charge in [0.05, 0.1) is 0 Å². The molecule has 2 saturated heterocycles. The Hall–Kier alpha value is -1.06. The number of nitrogens with one attached hydrogen (secondary N) is 2. The van der Waals surface area contributed by atoms with Crippen LogP contribution in [0.15, 0.2) is 29.3 Å². The first-order valence-electron chi connectivity index (χ1n) is 10.4. The minimum atomic E-state index is 0. The van der Waals surface area contributed by atoms with Crippen molar-refractivity contribution in [2.45, 2.75) is 26.3 Å². The van der Waals surface area contributed by atoms with Crippen LogP contribution in [0.3, 0.4) is 0 Å². The van der Waals surface area contributed by atoms with E-state index in [2.05, 4.69) is 68.4 Å². The van der Waals surface area contributed by atoms with E-state index >= 15 is 0 Å². The van der Waals surface area contributed by atoms with Crippen LogP contribution in [-0.2, 0) is 0 Å². The molecule has 1 aromatic rings. The van der Waals surface area contributed by atoms with Gasteiger partial charge in [0.1, 0.15) is 0 Å². The molecule has 28 heavy (non-hydrogen) atoms. The minimum absolute atomic E-state index is 0. The normalized spacial score (nSPS) is 21.5. The number of hydrogen-bond donors (Lipinski definition) is 2. The Morgan fingerprint density at radius 1 is 1.07 bits per heavy atom. The third kappa shape index (κ3) is 6.77. The maximum absolute atomic E-state index is 4.42. The molecule has 1 aromatic carbocycles. The molecular weight excluding hydrogens is 463 g/mol. The van der Waals surface area contributed by atoms with Crippen molar-refractivity contribution in [3.8, 4) is 0 Å². The van der Waals surface area contributed by atoms with E-state index in [1.165, 1.54) is 44.0 Å². The largest absolute Gasteiger partial charge is 0.369 e. The Balaban J connectivity index is 0.00000280. The molecule has 0 saturated carbocycles. The smallest absolute Gasteiger partial charge is 0.191 e. The Bertz CT molecular complexity index is 597. The quantitative estimate of drug-likeness (QED) is 0.356. The Kier molecular flexibility index (Phi) is 9.81. The van der Waals surface area contributed by atoms with Crippen molar-refractivity contribution >= 4 is 35.6 Å². The van der Waals surface area contributed by atoms with Gasteiger partial charge in [-0.25, -0.2) is 0 Å². The van der Waals surface area contributed by atoms with Crippen molar-refractivity contribution in [1.82, 2.24) is 20.4 Å². The second-order valence-corrected chi connectivity index (χ2v) is 7.69. The molecule has 0 aromatic heterocycles. The Morgan fingerprint density at radius 3 is 2.39 bits per heavy atom. The number of benzene rings is 1. The molecule has 1 unspecified atom stereocenters. The van der Waals surface area contributed by atoms with Crippen LogP contribution in [0.4, 0.5) is 5.69 Å². The van der Waals surface area contributed by atoms with Crippen LogP contribution in [0.2, 0.25) is 0 Å². The molecule has 0 bridgehead atoms. The van der Waals surface area contributed by atoms with E-state index in [9.17, 15) is 0 Å². The molecule has 0 aliphatic carbocycles. The number of aliphatic imine (C=N–C) groups is 1. The lowest BCUT2D eigenvalue weighted by Crippen LogP contribution is -2.50. The molecule has 158 valence electrons. The van der Waals surface area contributed by atoms with E-state index in [0.717, 1.165) is 38.6 Å². The molecule has 1 atom stereocenters. The van der Waals surface area contributed by atoms with Crippen LogP contribution in [0.25, 0.3) is 0 Å². The van der Waals surface area contributed by atoms with Gasteiger partial charge >= 0.3 is 0 Å². The summed E-state index contributed by atoms with van der Waals surface area (Å²) in [5.41, 5.74) is 2.63. The number of nitrogens with zero attached hydrogens (tertiary/aromatic N) is 4. The molecule has 3 rings (SSSR count). The van der Waals surface area contributed by atoms with Gasteiger partial charge in [0, 0.05) is 71.1 Å². The third-order valence-corrected chi connectivity index (χ3v) is 5.78. The van der Waals surface area contributed by atoms with E-state index in [1.54, 1.807) is 0 Å². The second-order valence-electron chi connectivity index (χ2n) is 7.69. The van der Waals surface area contributed by atoms with Gasteiger partial charge in [-0.1, -0.05) is 24.6 Å². The number of aryl methyl sites for hydroxylation is 1. The molecule has 2 aliphatic heterocycles. The monoisotopic (exact) mass is 500 g/mol. The maximum Gasteiger partial charge on any atom is 0.191 e. The van der Waals surface area contributed by atoms with Gasteiger partial charge < -0.3 is 20.4 Å². The average Bonchev–Trinajstić information content (AvgIpc) is 3.17. The summed E-state index contributed by atoms with van der Waals surface area (Å²) in [6.45, 7) is 14.4. The molecule has 6 nitrogen and oxygen atoms in total. The highest BCUT2D eigenvalue weighted by atomic mass is 127. The molecule has 2 fully saturated rings. The number of likely N-dealkylation sites (N-methyl/N-ethyl adjacent to an activating group) is 1. The van der Waals surface area contributed by atoms with Crippen molar-refractivity contribution in [3.63, 3.8) is 0 Å². The van der Waals surface area contributed by atoms with E-state index < -0.39 is 0 Å². The minimum Gasteiger partial charge on any atom is -0.369 e. The molecule has 0 amide bonds. The third-order valence-electron chi connectivity index (χ3n) is 5.78. The van der Waals surface area contributed by atoms with Gasteiger partial charge in [-0.2, -0.15) is 0 Å². The molecule has 2 N–H and O–H groups in total. The first kappa shape index (κ1) is 23.2. The van der Waals surface area contributed by atoms with Gasteiger partial charge in [-0.05, 0) is 32.0 Å². The number of halogens is 1. The predicted octanol–water partition coefficient (Wildman–Crippen LogP) is 1.99. The zero-order valence-electron chi connectivity index (χ0n) is 17.7. The standard InChI is InChI=1S/C21H36N6.HI/c1-4-25-13-15-26(16-14-25)12-10-23-21(22-3)24-19-9-11-27(17-19)20-7-5-18(2)6-8-20;/h5-8,19H,4,9-17H2,1-3H3,(H2,22,23,24);1H. The van der Waals surface area contributed by atoms with Crippen LogP contribution in [0, 0.1) is 6.92 Å². The summed E-state index contributed by atoms with van der Waals surface area (Å²) >= 11 is 0. The number of guanidine groups is 1. The zero-order chi connectivity index (χ0) is 19.1. The topological polar surface area (TPSA) is 46.1 Å². The zero-order valence-corrected chi connectivity index (χ0v) is 20.0. The number of hydrogen-bond acceptors (Lipinski definition) is 4. The molecule has 7 heteroatoms. The Labute approximate surface area is 187 Å². The van der Waals surface area contributed by atoms with Gasteiger partial charge in [0.15, 0.2) is 5.96 Å². The van der Waals surface area contributed by atoms with Crippen molar-refractivity contribution in [2.24, 2.45) is 4.99 Å². The highest BCUT2D eigenvalue weighted by Crippen LogP contribution is 2.20. The molecular formula is C21H37IN6. The SMILES string of the molecule is CCN1CCN(CCNC(=NC)NC2CCN(c3ccc(C)cc3)C2)CC1.I. The molecule has 2 heterocycles. The predicted molar refractivity (Wildman–Crippen MR) is 130 cm³/mol. The van der Waals surface area contributed by atoms with Gasteiger partial charge in [0.2, 0.25) is 0 Å². The lowest BCUT2D eigenvalue weighted by Gasteiger charge is -2.34. The van der Waals surface area contributed by atoms with Crippen molar-refractivity contribution in [2.75, 3.05) is 70.9 Å². The van der Waals surface area contributed by atoms with E-state index in [4.69, 9.17) is 0 Å². The molecule has 0 radical (unpaired) electrons. The van der Waals surface area contributed by atoms with Crippen LogP contribution in [0.1, 0.15) is 18.9 Å². The number of piperazine rings is 1. The summed E-state index contributed by atoms with van der Waals surface area (Å²) in [4.78, 5) is 11.9. The van der Waals surface area contributed by atoms with Gasteiger partial charge in [-0.15, -0.1) is 24.0 Å². The second kappa shape index (κ2) is 11.8. The van der Waals surface area contributed by atoms with E-state index in [1.807, 2.05) is 7.05 Å². The fourth-order valence-electron chi connectivity index (χ4n) is 3.92. The van der Waals surface area contributed by atoms with Crippen LogP contribution in [0.5, 0.6) is 0 Å². The summed E-state index contributed by atoms with van der Waals surface area (Å²) in [5.74, 6) is 0.929.